The van der Waals surface area contributed by atoms with Gasteiger partial charge in [0.1, 0.15) is 10.9 Å². The minimum Gasteiger partial charge on any atom is -0.497 e. The Morgan fingerprint density at radius 3 is 2.70 bits per heavy atom. The quantitative estimate of drug-likeness (QED) is 0.376. The Kier molecular flexibility index (Phi) is 4.68. The summed E-state index contributed by atoms with van der Waals surface area (Å²) in [5.41, 5.74) is 0.942. The predicted octanol–water partition coefficient (Wildman–Crippen LogP) is 2.93. The number of halogens is 1. The Balaban J connectivity index is 1.99. The molecule has 0 fully saturated rings. The van der Waals surface area contributed by atoms with Gasteiger partial charge in [-0.2, -0.15) is 0 Å². The van der Waals surface area contributed by atoms with Crippen LogP contribution in [0.25, 0.3) is 0 Å². The van der Waals surface area contributed by atoms with Crippen molar-refractivity contribution in [3.05, 3.63) is 58.9 Å². The summed E-state index contributed by atoms with van der Waals surface area (Å²) in [6.45, 7) is 0. The van der Waals surface area contributed by atoms with E-state index in [0.29, 0.717) is 0 Å². The molecule has 1 aromatic carbocycles. The second-order valence-electron chi connectivity index (χ2n) is 3.73. The molecule has 0 radical (unpaired) electrons. The fraction of sp³-hybridized carbons (Fsp3) is 0.0714. The Morgan fingerprint density at radius 2 is 2.05 bits per heavy atom. The van der Waals surface area contributed by atoms with Crippen LogP contribution in [-0.4, -0.2) is 24.3 Å². The molecule has 0 spiro atoms. The second kappa shape index (κ2) is 6.68. The van der Waals surface area contributed by atoms with E-state index in [1.807, 2.05) is 0 Å². The van der Waals surface area contributed by atoms with Gasteiger partial charge in [-0.3, -0.25) is 0 Å². The molecule has 0 atom stereocenters. The highest BCUT2D eigenvalue weighted by Gasteiger charge is 2.11. The van der Waals surface area contributed by atoms with Gasteiger partial charge in [-0.25, -0.2) is 9.78 Å². The summed E-state index contributed by atoms with van der Waals surface area (Å²) < 4.78 is 5.03. The van der Waals surface area contributed by atoms with Gasteiger partial charge in [0.05, 0.1) is 18.9 Å². The van der Waals surface area contributed by atoms with E-state index in [0.717, 1.165) is 11.3 Å². The number of oxime groups is 1. The summed E-state index contributed by atoms with van der Waals surface area (Å²) in [6.07, 6.45) is 2.90. The second-order valence-corrected chi connectivity index (χ2v) is 4.09. The van der Waals surface area contributed by atoms with Crippen LogP contribution in [0, 0.1) is 0 Å². The smallest absolute Gasteiger partial charge is 0.368 e. The highest BCUT2D eigenvalue weighted by atomic mass is 35.5. The number of benzene rings is 1. The topological polar surface area (TPSA) is 60.8 Å². The summed E-state index contributed by atoms with van der Waals surface area (Å²) in [6, 6.07) is 10.2. The maximum atomic E-state index is 11.7. The zero-order chi connectivity index (χ0) is 14.4. The number of nitrogens with zero attached hydrogens (tertiary/aromatic N) is 2. The first-order valence-electron chi connectivity index (χ1n) is 5.70. The minimum absolute atomic E-state index is 0.0807. The summed E-state index contributed by atoms with van der Waals surface area (Å²) in [7, 11) is 1.59. The molecule has 0 aliphatic heterocycles. The standard InChI is InChI=1S/C14H11ClN2O3/c1-19-11-6-4-10(5-7-11)9-17-20-14(18)12-3-2-8-16-13(12)15/h2-9H,1H3/b17-9-. The van der Waals surface area contributed by atoms with Crippen molar-refractivity contribution >= 4 is 23.8 Å². The third-order valence-electron chi connectivity index (χ3n) is 2.43. The third kappa shape index (κ3) is 3.55. The van der Waals surface area contributed by atoms with Gasteiger partial charge < -0.3 is 9.57 Å². The van der Waals surface area contributed by atoms with Crippen molar-refractivity contribution in [3.63, 3.8) is 0 Å². The van der Waals surface area contributed by atoms with E-state index in [1.165, 1.54) is 18.5 Å². The largest absolute Gasteiger partial charge is 0.497 e. The Hall–Kier alpha value is -2.40. The number of rotatable bonds is 4. The van der Waals surface area contributed by atoms with Crippen LogP contribution in [0.5, 0.6) is 5.75 Å². The van der Waals surface area contributed by atoms with Gasteiger partial charge >= 0.3 is 5.97 Å². The van der Waals surface area contributed by atoms with E-state index >= 15 is 0 Å². The first-order valence-corrected chi connectivity index (χ1v) is 6.08. The van der Waals surface area contributed by atoms with Crippen molar-refractivity contribution in [2.45, 2.75) is 0 Å². The molecule has 0 N–H and O–H groups in total. The van der Waals surface area contributed by atoms with E-state index in [-0.39, 0.29) is 10.7 Å². The molecule has 0 saturated carbocycles. The average Bonchev–Trinajstić information content (AvgIpc) is 2.48. The van der Waals surface area contributed by atoms with Crippen LogP contribution in [-0.2, 0) is 4.84 Å². The molecular weight excluding hydrogens is 280 g/mol. The van der Waals surface area contributed by atoms with E-state index in [2.05, 4.69) is 10.1 Å². The SMILES string of the molecule is COc1ccc(/C=N\OC(=O)c2cccnc2Cl)cc1. The summed E-state index contributed by atoms with van der Waals surface area (Å²) in [4.78, 5) is 20.2. The molecule has 1 heterocycles. The van der Waals surface area contributed by atoms with Crippen LogP contribution >= 0.6 is 11.6 Å². The van der Waals surface area contributed by atoms with E-state index < -0.39 is 5.97 Å². The first kappa shape index (κ1) is 14.0. The zero-order valence-electron chi connectivity index (χ0n) is 10.6. The molecule has 0 amide bonds. The van der Waals surface area contributed by atoms with Crippen LogP contribution in [0.1, 0.15) is 15.9 Å². The molecule has 0 bridgehead atoms. The maximum Gasteiger partial charge on any atom is 0.368 e. The van der Waals surface area contributed by atoms with E-state index in [4.69, 9.17) is 21.2 Å². The van der Waals surface area contributed by atoms with Gasteiger partial charge in [0.2, 0.25) is 0 Å². The van der Waals surface area contributed by atoms with Crippen molar-refractivity contribution in [1.29, 1.82) is 0 Å². The number of carbonyl (C=O) groups excluding carboxylic acids is 1. The molecule has 20 heavy (non-hydrogen) atoms. The van der Waals surface area contributed by atoms with Gasteiger partial charge in [-0.15, -0.1) is 0 Å². The van der Waals surface area contributed by atoms with Gasteiger partial charge in [0, 0.05) is 6.20 Å². The predicted molar refractivity (Wildman–Crippen MR) is 75.3 cm³/mol. The lowest BCUT2D eigenvalue weighted by Gasteiger charge is -2.00. The van der Waals surface area contributed by atoms with Crippen molar-refractivity contribution in [1.82, 2.24) is 4.98 Å². The first-order chi connectivity index (χ1) is 9.70. The third-order valence-corrected chi connectivity index (χ3v) is 2.73. The number of carbonyl (C=O) groups is 1. The zero-order valence-corrected chi connectivity index (χ0v) is 11.4. The highest BCUT2D eigenvalue weighted by molar-refractivity contribution is 6.32. The monoisotopic (exact) mass is 290 g/mol. The van der Waals surface area contributed by atoms with Gasteiger partial charge in [-0.05, 0) is 42.0 Å². The number of ether oxygens (including phenoxy) is 1. The van der Waals surface area contributed by atoms with Crippen LogP contribution in [0.15, 0.2) is 47.8 Å². The van der Waals surface area contributed by atoms with E-state index in [9.17, 15) is 4.79 Å². The maximum absolute atomic E-state index is 11.7. The van der Waals surface area contributed by atoms with Gasteiger partial charge in [0.25, 0.3) is 0 Å². The fourth-order valence-corrected chi connectivity index (χ4v) is 1.61. The summed E-state index contributed by atoms with van der Waals surface area (Å²) in [5, 5.41) is 3.69. The summed E-state index contributed by atoms with van der Waals surface area (Å²) >= 11 is 5.77. The molecule has 102 valence electrons. The Labute approximate surface area is 120 Å². The van der Waals surface area contributed by atoms with E-state index in [1.54, 1.807) is 37.4 Å². The van der Waals surface area contributed by atoms with Crippen LogP contribution in [0.4, 0.5) is 0 Å². The number of aromatic nitrogens is 1. The molecule has 1 aromatic heterocycles. The Bertz CT molecular complexity index is 627. The van der Waals surface area contributed by atoms with Crippen LogP contribution < -0.4 is 4.74 Å². The lowest BCUT2D eigenvalue weighted by molar-refractivity contribution is 0.0519. The lowest BCUT2D eigenvalue weighted by atomic mass is 10.2. The lowest BCUT2D eigenvalue weighted by Crippen LogP contribution is -2.02. The Morgan fingerprint density at radius 1 is 1.30 bits per heavy atom. The molecule has 0 unspecified atom stereocenters. The van der Waals surface area contributed by atoms with Crippen molar-refractivity contribution in [2.24, 2.45) is 5.16 Å². The molecule has 2 aromatic rings. The van der Waals surface area contributed by atoms with Gasteiger partial charge in [-0.1, -0.05) is 16.8 Å². The van der Waals surface area contributed by atoms with Crippen molar-refractivity contribution in [2.75, 3.05) is 7.11 Å². The normalized spacial score (nSPS) is 10.5. The molecule has 2 rings (SSSR count). The fourth-order valence-electron chi connectivity index (χ4n) is 1.41. The van der Waals surface area contributed by atoms with Crippen molar-refractivity contribution in [3.8, 4) is 5.75 Å². The minimum atomic E-state index is -0.659. The number of pyridine rings is 1. The molecule has 0 saturated heterocycles. The van der Waals surface area contributed by atoms with Crippen molar-refractivity contribution < 1.29 is 14.4 Å². The average molecular weight is 291 g/mol. The molecule has 0 aliphatic rings. The van der Waals surface area contributed by atoms with Crippen LogP contribution in [0.2, 0.25) is 5.15 Å². The number of hydrogen-bond acceptors (Lipinski definition) is 5. The number of hydrogen-bond donors (Lipinski definition) is 0. The molecule has 6 heteroatoms. The number of methoxy groups -OCH3 is 1. The highest BCUT2D eigenvalue weighted by Crippen LogP contribution is 2.13. The molecular formula is C14H11ClN2O3. The summed E-state index contributed by atoms with van der Waals surface area (Å²) in [5.74, 6) is 0.0779. The van der Waals surface area contributed by atoms with Crippen LogP contribution in [0.3, 0.4) is 0 Å². The molecule has 5 nitrogen and oxygen atoms in total. The molecule has 0 aliphatic carbocycles. The van der Waals surface area contributed by atoms with Gasteiger partial charge in [0.15, 0.2) is 0 Å².